The summed E-state index contributed by atoms with van der Waals surface area (Å²) in [6, 6.07) is 14.7. The number of H-pyrrole nitrogens is 1. The highest BCUT2D eigenvalue weighted by Gasteiger charge is 2.45. The highest BCUT2D eigenvalue weighted by molar-refractivity contribution is 6.06. The molecule has 68 heavy (non-hydrogen) atoms. The summed E-state index contributed by atoms with van der Waals surface area (Å²) in [5.74, 6) is 2.77. The van der Waals surface area contributed by atoms with Gasteiger partial charge in [-0.05, 0) is 163 Å². The van der Waals surface area contributed by atoms with Crippen molar-refractivity contribution in [3.8, 4) is 22.3 Å². The zero-order valence-corrected chi connectivity index (χ0v) is 40.5. The lowest BCUT2D eigenvalue weighted by Gasteiger charge is -2.31. The Morgan fingerprint density at radius 2 is 1.50 bits per heavy atom. The molecule has 2 bridgehead atoms. The number of alkyl carbamates (subject to hydrolysis) is 2. The van der Waals surface area contributed by atoms with Gasteiger partial charge in [0.05, 0.1) is 37.0 Å². The normalized spacial score (nSPS) is 24.1. The van der Waals surface area contributed by atoms with Gasteiger partial charge in [0.1, 0.15) is 24.1 Å². The topological polar surface area (TPSA) is 179 Å². The maximum atomic E-state index is 13.9. The fourth-order valence-electron chi connectivity index (χ4n) is 12.7. The summed E-state index contributed by atoms with van der Waals surface area (Å²) in [6.45, 7) is 9.60. The lowest BCUT2D eigenvalue weighted by Crippen LogP contribution is -2.51. The number of methoxy groups -OCH3 is 2. The van der Waals surface area contributed by atoms with Crippen LogP contribution in [0.5, 0.6) is 0 Å². The molecule has 6 aliphatic rings. The summed E-state index contributed by atoms with van der Waals surface area (Å²) in [7, 11) is 2.62. The van der Waals surface area contributed by atoms with Crippen LogP contribution in [-0.4, -0.2) is 96.7 Å². The number of likely N-dealkylation sites (tertiary alicyclic amines) is 1. The number of benzene rings is 3. The molecule has 360 valence electrons. The van der Waals surface area contributed by atoms with Gasteiger partial charge in [-0.15, -0.1) is 0 Å². The highest BCUT2D eigenvalue weighted by atomic mass is 16.5. The molecule has 0 spiro atoms. The first kappa shape index (κ1) is 46.0. The van der Waals surface area contributed by atoms with Crippen LogP contribution in [0.1, 0.15) is 149 Å². The average Bonchev–Trinajstić information content (AvgIpc) is 4.20. The van der Waals surface area contributed by atoms with Gasteiger partial charge in [0.15, 0.2) is 0 Å². The molecule has 5 N–H and O–H groups in total. The van der Waals surface area contributed by atoms with E-state index in [2.05, 4.69) is 68.7 Å². The van der Waals surface area contributed by atoms with Crippen molar-refractivity contribution >= 4 is 40.7 Å². The number of aliphatic imine (C=N–C) groups is 1. The van der Waals surface area contributed by atoms with E-state index in [1.807, 2.05) is 32.6 Å². The van der Waals surface area contributed by atoms with Crippen LogP contribution in [0.25, 0.3) is 33.3 Å². The number of unbranched alkanes of at least 4 members (excludes halogenated alkanes) is 1. The van der Waals surface area contributed by atoms with Crippen molar-refractivity contribution in [2.45, 2.75) is 140 Å². The van der Waals surface area contributed by atoms with Gasteiger partial charge >= 0.3 is 12.2 Å². The van der Waals surface area contributed by atoms with E-state index in [4.69, 9.17) is 19.5 Å². The SMILES string of the molecule is COC(=O)NC(C(=O)NCCCCC1N=C(c2ccc(-c3ccc(-c4ccc5nc(C6CCCN6C(=O)C(NC(=O)OC)C(C)C)[nH]c5c4)c4c3CC3CCC43)c3c2C2CCC3C2)CN1)C(C)C. The summed E-state index contributed by atoms with van der Waals surface area (Å²) >= 11 is 0. The Kier molecular flexibility index (Phi) is 12.8. The zero-order valence-electron chi connectivity index (χ0n) is 40.5. The minimum atomic E-state index is -0.679. The molecule has 0 radical (unpaired) electrons. The van der Waals surface area contributed by atoms with Crippen LogP contribution in [0.3, 0.4) is 0 Å². The third-order valence-corrected chi connectivity index (χ3v) is 16.2. The Morgan fingerprint density at radius 1 is 0.794 bits per heavy atom. The first-order valence-corrected chi connectivity index (χ1v) is 25.3. The number of ether oxygens (including phenoxy) is 2. The van der Waals surface area contributed by atoms with E-state index >= 15 is 0 Å². The number of carbonyl (C=O) groups is 4. The average molecular weight is 925 g/mol. The van der Waals surface area contributed by atoms with Crippen molar-refractivity contribution < 1.29 is 28.7 Å². The summed E-state index contributed by atoms with van der Waals surface area (Å²) in [4.78, 5) is 66.4. The van der Waals surface area contributed by atoms with Crippen molar-refractivity contribution in [1.82, 2.24) is 36.1 Å². The third kappa shape index (κ3) is 8.44. The van der Waals surface area contributed by atoms with E-state index in [0.29, 0.717) is 36.8 Å². The summed E-state index contributed by atoms with van der Waals surface area (Å²) < 4.78 is 9.55. The van der Waals surface area contributed by atoms with Crippen LogP contribution in [0, 0.1) is 17.8 Å². The quantitative estimate of drug-likeness (QED) is 0.0735. The maximum Gasteiger partial charge on any atom is 0.407 e. The van der Waals surface area contributed by atoms with Gasteiger partial charge in [0.25, 0.3) is 0 Å². The van der Waals surface area contributed by atoms with Crippen LogP contribution in [0.15, 0.2) is 47.5 Å². The smallest absolute Gasteiger partial charge is 0.407 e. The number of nitrogens with zero attached hydrogens (tertiary/aromatic N) is 3. The zero-order chi connectivity index (χ0) is 47.4. The van der Waals surface area contributed by atoms with Gasteiger partial charge in [-0.2, -0.15) is 0 Å². The third-order valence-electron chi connectivity index (χ3n) is 16.2. The Hall–Kier alpha value is -5.76. The first-order valence-electron chi connectivity index (χ1n) is 25.3. The molecule has 4 aliphatic carbocycles. The van der Waals surface area contributed by atoms with E-state index in [0.717, 1.165) is 61.9 Å². The van der Waals surface area contributed by atoms with Gasteiger partial charge in [-0.25, -0.2) is 14.6 Å². The number of carbonyl (C=O) groups excluding carboxylic acids is 4. The molecular weight excluding hydrogens is 857 g/mol. The Bertz CT molecular complexity index is 2650. The Labute approximate surface area is 399 Å². The Balaban J connectivity index is 0.875. The molecule has 3 aromatic carbocycles. The van der Waals surface area contributed by atoms with E-state index in [1.165, 1.54) is 91.0 Å². The summed E-state index contributed by atoms with van der Waals surface area (Å²) in [5, 5.41) is 12.1. The number of aromatic amines is 1. The second-order valence-corrected chi connectivity index (χ2v) is 20.9. The van der Waals surface area contributed by atoms with Crippen LogP contribution in [0.4, 0.5) is 9.59 Å². The van der Waals surface area contributed by atoms with E-state index < -0.39 is 24.3 Å². The van der Waals surface area contributed by atoms with Gasteiger partial charge in [0, 0.05) is 25.2 Å². The van der Waals surface area contributed by atoms with Crippen molar-refractivity contribution in [1.29, 1.82) is 0 Å². The highest BCUT2D eigenvalue weighted by Crippen LogP contribution is 2.60. The number of imidazole rings is 1. The molecule has 1 aromatic heterocycles. The minimum absolute atomic E-state index is 0.0544. The molecule has 10 rings (SSSR count). The number of rotatable bonds is 15. The molecule has 8 unspecified atom stereocenters. The standard InChI is InChI=1S/C54H68N8O6/c1-28(2)48(60-53(65)67-5)51(63)55-22-8-7-11-44-56-27-42(57-44)38-20-19-37(45-32-12-13-33(24-32)46(38)45)36-18-17-35(47-34-16-14-30(34)25-39(36)47)31-15-21-40-41(26-31)59-50(58-40)43-10-9-23-62(43)52(64)49(29(3)4)61-54(66)68-6/h15,17-21,26,28-30,32-34,43-44,48-49,56H,7-14,16,22-25,27H2,1-6H3,(H,55,63)(H,58,59)(H,60,65)(H,61,66). The molecule has 2 aliphatic heterocycles. The molecule has 4 aromatic rings. The minimum Gasteiger partial charge on any atom is -0.453 e. The van der Waals surface area contributed by atoms with Crippen LogP contribution in [0.2, 0.25) is 0 Å². The molecule has 4 amide bonds. The molecule has 2 saturated carbocycles. The number of aromatic nitrogens is 2. The number of nitrogens with one attached hydrogen (secondary N) is 5. The summed E-state index contributed by atoms with van der Waals surface area (Å²) in [5.41, 5.74) is 15.9. The van der Waals surface area contributed by atoms with E-state index in [-0.39, 0.29) is 35.9 Å². The van der Waals surface area contributed by atoms with Gasteiger partial charge in [0.2, 0.25) is 11.8 Å². The van der Waals surface area contributed by atoms with E-state index in [9.17, 15) is 19.2 Å². The van der Waals surface area contributed by atoms with Crippen LogP contribution < -0.4 is 21.3 Å². The monoisotopic (exact) mass is 925 g/mol. The van der Waals surface area contributed by atoms with Crippen molar-refractivity contribution in [2.75, 3.05) is 33.9 Å². The van der Waals surface area contributed by atoms with Crippen molar-refractivity contribution in [2.24, 2.45) is 22.7 Å². The second kappa shape index (κ2) is 19.0. The largest absolute Gasteiger partial charge is 0.453 e. The molecule has 8 atom stereocenters. The van der Waals surface area contributed by atoms with Gasteiger partial charge in [-0.1, -0.05) is 58.0 Å². The van der Waals surface area contributed by atoms with Crippen molar-refractivity contribution in [3.63, 3.8) is 0 Å². The lowest BCUT2D eigenvalue weighted by atomic mass is 9.73. The Morgan fingerprint density at radius 3 is 2.22 bits per heavy atom. The lowest BCUT2D eigenvalue weighted by molar-refractivity contribution is -0.135. The molecule has 14 heteroatoms. The molecule has 1 saturated heterocycles. The van der Waals surface area contributed by atoms with E-state index in [1.54, 1.807) is 11.1 Å². The predicted octanol–water partition coefficient (Wildman–Crippen LogP) is 8.74. The predicted molar refractivity (Wildman–Crippen MR) is 263 cm³/mol. The number of hydrogen-bond donors (Lipinski definition) is 5. The maximum absolute atomic E-state index is 13.9. The van der Waals surface area contributed by atoms with Gasteiger partial charge < -0.3 is 35.3 Å². The van der Waals surface area contributed by atoms with Crippen LogP contribution in [-0.2, 0) is 25.5 Å². The fourth-order valence-corrected chi connectivity index (χ4v) is 12.7. The first-order chi connectivity index (χ1) is 32.9. The fraction of sp³-hybridized carbons (Fsp3) is 0.556. The second-order valence-electron chi connectivity index (χ2n) is 20.9. The van der Waals surface area contributed by atoms with Crippen molar-refractivity contribution in [3.05, 3.63) is 76.1 Å². The molecule has 14 nitrogen and oxygen atoms in total. The van der Waals surface area contributed by atoms with Crippen LogP contribution >= 0.6 is 0 Å². The number of amides is 4. The molecule has 3 fully saturated rings. The summed E-state index contributed by atoms with van der Waals surface area (Å²) in [6.07, 6.45) is 10.5. The number of fused-ring (bicyclic) bond motifs is 9. The molecule has 3 heterocycles. The molecular formula is C54H68N8O6. The van der Waals surface area contributed by atoms with Gasteiger partial charge in [-0.3, -0.25) is 19.9 Å². The number of hydrogen-bond acceptors (Lipinski definition) is 9.